The van der Waals surface area contributed by atoms with Gasteiger partial charge in [-0.2, -0.15) is 0 Å². The highest BCUT2D eigenvalue weighted by atomic mass is 32.2. The molecule has 0 atom stereocenters. The maximum atomic E-state index is 4.59. The zero-order valence-corrected chi connectivity index (χ0v) is 12.9. The molecule has 0 saturated carbocycles. The minimum absolute atomic E-state index is 0.271. The van der Waals surface area contributed by atoms with E-state index in [1.807, 2.05) is 41.9 Å². The molecule has 0 radical (unpaired) electrons. The fourth-order valence-corrected chi connectivity index (χ4v) is 2.70. The average Bonchev–Trinajstić information content (AvgIpc) is 2.90. The van der Waals surface area contributed by atoms with Crippen molar-refractivity contribution in [3.63, 3.8) is 0 Å². The van der Waals surface area contributed by atoms with Crippen molar-refractivity contribution >= 4 is 23.2 Å². The summed E-state index contributed by atoms with van der Waals surface area (Å²) < 4.78 is 1.95. The molecule has 0 fully saturated rings. The van der Waals surface area contributed by atoms with Crippen LogP contribution in [0.1, 0.15) is 25.6 Å². The Kier molecular flexibility index (Phi) is 3.74. The summed E-state index contributed by atoms with van der Waals surface area (Å²) in [7, 11) is 1.85. The van der Waals surface area contributed by atoms with Crippen molar-refractivity contribution in [2.75, 3.05) is 12.4 Å². The van der Waals surface area contributed by atoms with E-state index in [1.165, 1.54) is 11.8 Å². The first-order valence-electron chi connectivity index (χ1n) is 6.71. The zero-order chi connectivity index (χ0) is 14.8. The monoisotopic (exact) mass is 300 g/mol. The molecule has 0 aromatic carbocycles. The van der Waals surface area contributed by atoms with Crippen LogP contribution in [0.4, 0.5) is 5.82 Å². The number of anilines is 1. The summed E-state index contributed by atoms with van der Waals surface area (Å²) in [5, 5.41) is 13.1. The van der Waals surface area contributed by atoms with Crippen LogP contribution in [-0.2, 0) is 0 Å². The first kappa shape index (κ1) is 13.8. The van der Waals surface area contributed by atoms with E-state index in [0.717, 1.165) is 27.5 Å². The third kappa shape index (κ3) is 2.82. The van der Waals surface area contributed by atoms with Crippen LogP contribution in [0.2, 0.25) is 0 Å². The quantitative estimate of drug-likeness (QED) is 0.747. The van der Waals surface area contributed by atoms with Crippen molar-refractivity contribution in [3.05, 3.63) is 36.3 Å². The van der Waals surface area contributed by atoms with Gasteiger partial charge in [-0.15, -0.1) is 10.2 Å². The number of fused-ring (bicyclic) bond motifs is 1. The molecule has 7 heteroatoms. The number of hydrogen-bond donors (Lipinski definition) is 1. The molecule has 3 aromatic heterocycles. The topological polar surface area (TPSA) is 68.0 Å². The SMILES string of the molecule is CNc1cc(Sc2nnc3ccccn23)nc(C(C)C)n1. The molecule has 3 heterocycles. The Morgan fingerprint density at radius 3 is 2.81 bits per heavy atom. The molecule has 0 saturated heterocycles. The van der Waals surface area contributed by atoms with Crippen LogP contribution in [0, 0.1) is 0 Å². The molecule has 0 amide bonds. The fourth-order valence-electron chi connectivity index (χ4n) is 1.86. The Labute approximate surface area is 127 Å². The Bertz CT molecular complexity index is 767. The predicted molar refractivity (Wildman–Crippen MR) is 82.8 cm³/mol. The minimum Gasteiger partial charge on any atom is -0.373 e. The van der Waals surface area contributed by atoms with E-state index in [0.29, 0.717) is 0 Å². The van der Waals surface area contributed by atoms with Crippen LogP contribution in [0.5, 0.6) is 0 Å². The van der Waals surface area contributed by atoms with Gasteiger partial charge in [-0.25, -0.2) is 9.97 Å². The van der Waals surface area contributed by atoms with E-state index < -0.39 is 0 Å². The highest BCUT2D eigenvalue weighted by molar-refractivity contribution is 7.99. The van der Waals surface area contributed by atoms with Gasteiger partial charge in [-0.05, 0) is 23.9 Å². The lowest BCUT2D eigenvalue weighted by Crippen LogP contribution is -2.03. The number of rotatable bonds is 4. The summed E-state index contributed by atoms with van der Waals surface area (Å²) in [5.41, 5.74) is 0.826. The lowest BCUT2D eigenvalue weighted by atomic mass is 10.2. The van der Waals surface area contributed by atoms with Gasteiger partial charge in [0, 0.05) is 25.2 Å². The van der Waals surface area contributed by atoms with Crippen LogP contribution in [-0.4, -0.2) is 31.6 Å². The van der Waals surface area contributed by atoms with E-state index >= 15 is 0 Å². The number of aromatic nitrogens is 5. The molecule has 1 N–H and O–H groups in total. The maximum Gasteiger partial charge on any atom is 0.201 e. The zero-order valence-electron chi connectivity index (χ0n) is 12.1. The van der Waals surface area contributed by atoms with Gasteiger partial charge in [-0.3, -0.25) is 4.40 Å². The van der Waals surface area contributed by atoms with Gasteiger partial charge in [0.15, 0.2) is 5.65 Å². The molecule has 0 aliphatic heterocycles. The summed E-state index contributed by atoms with van der Waals surface area (Å²) in [4.78, 5) is 9.06. The summed E-state index contributed by atoms with van der Waals surface area (Å²) in [6.45, 7) is 4.16. The molecule has 3 rings (SSSR count). The highest BCUT2D eigenvalue weighted by Gasteiger charge is 2.12. The second kappa shape index (κ2) is 5.69. The molecule has 0 aliphatic rings. The molecule has 6 nitrogen and oxygen atoms in total. The number of hydrogen-bond acceptors (Lipinski definition) is 6. The third-order valence-electron chi connectivity index (χ3n) is 2.97. The first-order valence-corrected chi connectivity index (χ1v) is 7.53. The van der Waals surface area contributed by atoms with Crippen LogP contribution in [0.15, 0.2) is 40.6 Å². The standard InChI is InChI=1S/C14H16N6S/c1-9(2)13-16-10(15-3)8-12(17-13)21-14-19-18-11-6-4-5-7-20(11)14/h4-9H,1-3H3,(H,15,16,17). The number of nitrogens with zero attached hydrogens (tertiary/aromatic N) is 5. The normalized spacial score (nSPS) is 11.2. The minimum atomic E-state index is 0.271. The molecule has 0 aliphatic carbocycles. The van der Waals surface area contributed by atoms with Gasteiger partial charge < -0.3 is 5.32 Å². The Morgan fingerprint density at radius 1 is 1.19 bits per heavy atom. The summed E-state index contributed by atoms with van der Waals surface area (Å²) in [5.74, 6) is 1.90. The fraction of sp³-hybridized carbons (Fsp3) is 0.286. The lowest BCUT2D eigenvalue weighted by molar-refractivity contribution is 0.754. The molecule has 0 bridgehead atoms. The van der Waals surface area contributed by atoms with Crippen LogP contribution >= 0.6 is 11.8 Å². The van der Waals surface area contributed by atoms with Crippen molar-refractivity contribution in [2.45, 2.75) is 29.9 Å². The van der Waals surface area contributed by atoms with Crippen molar-refractivity contribution in [1.82, 2.24) is 24.6 Å². The Hall–Kier alpha value is -2.15. The maximum absolute atomic E-state index is 4.59. The van der Waals surface area contributed by atoms with Gasteiger partial charge in [0.1, 0.15) is 16.7 Å². The van der Waals surface area contributed by atoms with Gasteiger partial charge in [0.25, 0.3) is 0 Å². The molecular weight excluding hydrogens is 284 g/mol. The van der Waals surface area contributed by atoms with Gasteiger partial charge in [0.2, 0.25) is 5.16 Å². The van der Waals surface area contributed by atoms with E-state index in [1.54, 1.807) is 0 Å². The van der Waals surface area contributed by atoms with E-state index in [2.05, 4.69) is 39.3 Å². The average molecular weight is 300 g/mol. The second-order valence-corrected chi connectivity index (χ2v) is 5.86. The molecule has 3 aromatic rings. The molecule has 0 unspecified atom stereocenters. The first-order chi connectivity index (χ1) is 10.2. The van der Waals surface area contributed by atoms with Crippen LogP contribution in [0.25, 0.3) is 5.65 Å². The molecule has 21 heavy (non-hydrogen) atoms. The van der Waals surface area contributed by atoms with E-state index in [-0.39, 0.29) is 5.92 Å². The summed E-state index contributed by atoms with van der Waals surface area (Å²) in [6, 6.07) is 7.74. The number of nitrogens with one attached hydrogen (secondary N) is 1. The molecular formula is C14H16N6S. The van der Waals surface area contributed by atoms with Gasteiger partial charge >= 0.3 is 0 Å². The summed E-state index contributed by atoms with van der Waals surface area (Å²) in [6.07, 6.45) is 1.95. The smallest absolute Gasteiger partial charge is 0.201 e. The van der Waals surface area contributed by atoms with Crippen LogP contribution < -0.4 is 5.32 Å². The Balaban J connectivity index is 1.99. The van der Waals surface area contributed by atoms with Gasteiger partial charge in [-0.1, -0.05) is 19.9 Å². The highest BCUT2D eigenvalue weighted by Crippen LogP contribution is 2.27. The molecule has 108 valence electrons. The third-order valence-corrected chi connectivity index (χ3v) is 3.85. The van der Waals surface area contributed by atoms with E-state index in [4.69, 9.17) is 0 Å². The second-order valence-electron chi connectivity index (χ2n) is 4.87. The van der Waals surface area contributed by atoms with Gasteiger partial charge in [0.05, 0.1) is 0 Å². The predicted octanol–water partition coefficient (Wildman–Crippen LogP) is 2.84. The van der Waals surface area contributed by atoms with E-state index in [9.17, 15) is 0 Å². The lowest BCUT2D eigenvalue weighted by Gasteiger charge is -2.08. The number of pyridine rings is 1. The van der Waals surface area contributed by atoms with Crippen molar-refractivity contribution in [3.8, 4) is 0 Å². The van der Waals surface area contributed by atoms with Crippen LogP contribution in [0.3, 0.4) is 0 Å². The van der Waals surface area contributed by atoms with Crippen molar-refractivity contribution in [2.24, 2.45) is 0 Å². The van der Waals surface area contributed by atoms with Crippen molar-refractivity contribution in [1.29, 1.82) is 0 Å². The Morgan fingerprint density at radius 2 is 2.05 bits per heavy atom. The van der Waals surface area contributed by atoms with Crippen molar-refractivity contribution < 1.29 is 0 Å². The molecule has 0 spiro atoms. The largest absolute Gasteiger partial charge is 0.373 e. The summed E-state index contributed by atoms with van der Waals surface area (Å²) >= 11 is 1.48.